The van der Waals surface area contributed by atoms with E-state index in [1.54, 1.807) is 7.11 Å². The summed E-state index contributed by atoms with van der Waals surface area (Å²) in [6.07, 6.45) is 3.15. The summed E-state index contributed by atoms with van der Waals surface area (Å²) in [7, 11) is 1.72. The van der Waals surface area contributed by atoms with Crippen molar-refractivity contribution in [1.82, 2.24) is 5.43 Å². The van der Waals surface area contributed by atoms with Crippen LogP contribution >= 0.6 is 0 Å². The van der Waals surface area contributed by atoms with E-state index in [1.165, 1.54) is 5.57 Å². The van der Waals surface area contributed by atoms with Gasteiger partial charge in [0.25, 0.3) is 0 Å². The molecule has 0 rings (SSSR count). The number of hydrogen-bond donors (Lipinski definition) is 2. The molecule has 0 heterocycles. The lowest BCUT2D eigenvalue weighted by molar-refractivity contribution is 0.0626. The van der Waals surface area contributed by atoms with Crippen LogP contribution in [0.2, 0.25) is 0 Å². The zero-order valence-corrected chi connectivity index (χ0v) is 8.97. The standard InChI is InChI=1S/C10H22N2O/c1-5-10(13-4)9(12-11)7-6-8(2)3/h9-10,12H,2,5-7,11H2,1,3-4H3. The summed E-state index contributed by atoms with van der Waals surface area (Å²) < 4.78 is 5.31. The molecule has 3 N–H and O–H groups in total. The van der Waals surface area contributed by atoms with E-state index in [2.05, 4.69) is 18.9 Å². The second kappa shape index (κ2) is 7.06. The van der Waals surface area contributed by atoms with Crippen LogP contribution in [0.5, 0.6) is 0 Å². The largest absolute Gasteiger partial charge is 0.380 e. The Balaban J connectivity index is 3.92. The molecule has 0 aliphatic heterocycles. The Labute approximate surface area is 81.3 Å². The van der Waals surface area contributed by atoms with Gasteiger partial charge in [0.05, 0.1) is 6.10 Å². The number of allylic oxidation sites excluding steroid dienone is 1. The minimum atomic E-state index is 0.198. The van der Waals surface area contributed by atoms with Crippen molar-refractivity contribution in [2.45, 2.75) is 45.3 Å². The van der Waals surface area contributed by atoms with Crippen molar-refractivity contribution < 1.29 is 4.74 Å². The fraction of sp³-hybridized carbons (Fsp3) is 0.800. The van der Waals surface area contributed by atoms with E-state index >= 15 is 0 Å². The number of hydrogen-bond acceptors (Lipinski definition) is 3. The average Bonchev–Trinajstić information content (AvgIpc) is 2.11. The van der Waals surface area contributed by atoms with E-state index in [0.29, 0.717) is 0 Å². The van der Waals surface area contributed by atoms with Gasteiger partial charge in [0.1, 0.15) is 0 Å². The summed E-state index contributed by atoms with van der Waals surface area (Å²) in [4.78, 5) is 0. The van der Waals surface area contributed by atoms with E-state index in [9.17, 15) is 0 Å². The van der Waals surface area contributed by atoms with Crippen LogP contribution in [0.25, 0.3) is 0 Å². The van der Waals surface area contributed by atoms with Crippen LogP contribution in [-0.4, -0.2) is 19.3 Å². The molecular weight excluding hydrogens is 164 g/mol. The van der Waals surface area contributed by atoms with E-state index in [0.717, 1.165) is 19.3 Å². The van der Waals surface area contributed by atoms with Gasteiger partial charge in [-0.2, -0.15) is 0 Å². The summed E-state index contributed by atoms with van der Waals surface area (Å²) >= 11 is 0. The molecular formula is C10H22N2O. The van der Waals surface area contributed by atoms with Crippen molar-refractivity contribution in [3.63, 3.8) is 0 Å². The molecule has 13 heavy (non-hydrogen) atoms. The number of ether oxygens (including phenoxy) is 1. The number of rotatable bonds is 7. The van der Waals surface area contributed by atoms with Crippen molar-refractivity contribution in [2.24, 2.45) is 5.84 Å². The molecule has 2 atom stereocenters. The first-order valence-electron chi connectivity index (χ1n) is 4.79. The van der Waals surface area contributed by atoms with E-state index in [4.69, 9.17) is 10.6 Å². The molecule has 0 aromatic carbocycles. The van der Waals surface area contributed by atoms with E-state index < -0.39 is 0 Å². The lowest BCUT2D eigenvalue weighted by Crippen LogP contribution is -2.44. The Bertz CT molecular complexity index is 144. The normalized spacial score (nSPS) is 15.4. The second-order valence-electron chi connectivity index (χ2n) is 3.45. The topological polar surface area (TPSA) is 47.3 Å². The molecule has 0 fully saturated rings. The molecule has 0 saturated heterocycles. The Hall–Kier alpha value is -0.380. The molecule has 0 radical (unpaired) electrons. The maximum atomic E-state index is 5.45. The SMILES string of the molecule is C=C(C)CCC(NN)C(CC)OC. The molecule has 3 heteroatoms. The fourth-order valence-corrected chi connectivity index (χ4v) is 1.39. The molecule has 78 valence electrons. The minimum Gasteiger partial charge on any atom is -0.380 e. The van der Waals surface area contributed by atoms with Crippen molar-refractivity contribution in [3.05, 3.63) is 12.2 Å². The summed E-state index contributed by atoms with van der Waals surface area (Å²) in [5, 5.41) is 0. The van der Waals surface area contributed by atoms with Crippen molar-refractivity contribution in [3.8, 4) is 0 Å². The van der Waals surface area contributed by atoms with Gasteiger partial charge in [0.15, 0.2) is 0 Å². The quantitative estimate of drug-likeness (QED) is 0.361. The minimum absolute atomic E-state index is 0.198. The Morgan fingerprint density at radius 2 is 2.23 bits per heavy atom. The highest BCUT2D eigenvalue weighted by Crippen LogP contribution is 2.11. The van der Waals surface area contributed by atoms with Gasteiger partial charge in [-0.3, -0.25) is 11.3 Å². The van der Waals surface area contributed by atoms with Gasteiger partial charge in [-0.25, -0.2) is 0 Å². The van der Waals surface area contributed by atoms with Gasteiger partial charge in [-0.1, -0.05) is 12.5 Å². The van der Waals surface area contributed by atoms with Gasteiger partial charge in [0.2, 0.25) is 0 Å². The van der Waals surface area contributed by atoms with E-state index in [-0.39, 0.29) is 12.1 Å². The summed E-state index contributed by atoms with van der Waals surface area (Å²) in [6, 6.07) is 0.228. The first-order chi connectivity index (χ1) is 6.15. The van der Waals surface area contributed by atoms with Crippen LogP contribution in [0.15, 0.2) is 12.2 Å². The van der Waals surface area contributed by atoms with Crippen LogP contribution in [0, 0.1) is 0 Å². The molecule has 0 amide bonds. The third-order valence-electron chi connectivity index (χ3n) is 2.25. The summed E-state index contributed by atoms with van der Waals surface area (Å²) in [5.74, 6) is 5.45. The first-order valence-corrected chi connectivity index (χ1v) is 4.79. The molecule has 0 saturated carbocycles. The molecule has 0 aliphatic rings. The predicted molar refractivity (Wildman–Crippen MR) is 56.2 cm³/mol. The maximum Gasteiger partial charge on any atom is 0.0735 e. The van der Waals surface area contributed by atoms with Gasteiger partial charge in [0, 0.05) is 13.2 Å². The van der Waals surface area contributed by atoms with Crippen molar-refractivity contribution in [1.29, 1.82) is 0 Å². The molecule has 0 aliphatic carbocycles. The van der Waals surface area contributed by atoms with E-state index in [1.807, 2.05) is 6.92 Å². The molecule has 2 unspecified atom stereocenters. The zero-order chi connectivity index (χ0) is 10.3. The van der Waals surface area contributed by atoms with Crippen molar-refractivity contribution in [2.75, 3.05) is 7.11 Å². The molecule has 3 nitrogen and oxygen atoms in total. The molecule has 0 spiro atoms. The lowest BCUT2D eigenvalue weighted by atomic mass is 10.0. The maximum absolute atomic E-state index is 5.45. The zero-order valence-electron chi connectivity index (χ0n) is 8.97. The number of hydrazine groups is 1. The van der Waals surface area contributed by atoms with Crippen molar-refractivity contribution >= 4 is 0 Å². The Morgan fingerprint density at radius 1 is 1.62 bits per heavy atom. The smallest absolute Gasteiger partial charge is 0.0735 e. The van der Waals surface area contributed by atoms with Gasteiger partial charge < -0.3 is 4.74 Å². The van der Waals surface area contributed by atoms with Gasteiger partial charge in [-0.05, 0) is 26.2 Å². The highest BCUT2D eigenvalue weighted by Gasteiger charge is 2.17. The third-order valence-corrected chi connectivity index (χ3v) is 2.25. The Morgan fingerprint density at radius 3 is 2.54 bits per heavy atom. The van der Waals surface area contributed by atoms with Crippen LogP contribution in [0.1, 0.15) is 33.1 Å². The fourth-order valence-electron chi connectivity index (χ4n) is 1.39. The van der Waals surface area contributed by atoms with Gasteiger partial charge >= 0.3 is 0 Å². The highest BCUT2D eigenvalue weighted by molar-refractivity contribution is 4.90. The Kier molecular flexibility index (Phi) is 6.86. The summed E-state index contributed by atoms with van der Waals surface area (Å²) in [5.41, 5.74) is 3.98. The lowest BCUT2D eigenvalue weighted by Gasteiger charge is -2.24. The number of nitrogens with one attached hydrogen (secondary N) is 1. The second-order valence-corrected chi connectivity index (χ2v) is 3.45. The van der Waals surface area contributed by atoms with Crippen LogP contribution in [0.3, 0.4) is 0 Å². The van der Waals surface area contributed by atoms with Gasteiger partial charge in [-0.15, -0.1) is 6.58 Å². The summed E-state index contributed by atoms with van der Waals surface area (Å²) in [6.45, 7) is 7.99. The third kappa shape index (κ3) is 5.03. The predicted octanol–water partition coefficient (Wildman–Crippen LogP) is 1.60. The molecule has 0 aromatic heterocycles. The average molecular weight is 186 g/mol. The highest BCUT2D eigenvalue weighted by atomic mass is 16.5. The number of nitrogens with two attached hydrogens (primary N) is 1. The number of methoxy groups -OCH3 is 1. The monoisotopic (exact) mass is 186 g/mol. The molecule has 0 bridgehead atoms. The van der Waals surface area contributed by atoms with Crippen LogP contribution < -0.4 is 11.3 Å². The molecule has 0 aromatic rings. The first kappa shape index (κ1) is 12.6. The van der Waals surface area contributed by atoms with Crippen LogP contribution in [0.4, 0.5) is 0 Å². The van der Waals surface area contributed by atoms with Crippen LogP contribution in [-0.2, 0) is 4.74 Å².